The van der Waals surface area contributed by atoms with Gasteiger partial charge in [0.05, 0.1) is 12.2 Å². The molecular formula is C10H13N3O3. The molecule has 0 unspecified atom stereocenters. The molecule has 2 rings (SSSR count). The average molecular weight is 223 g/mol. The molecule has 16 heavy (non-hydrogen) atoms. The van der Waals surface area contributed by atoms with Gasteiger partial charge < -0.3 is 10.4 Å². The summed E-state index contributed by atoms with van der Waals surface area (Å²) in [5.74, 6) is -1.45. The molecule has 6 nitrogen and oxygen atoms in total. The lowest BCUT2D eigenvalue weighted by Crippen LogP contribution is -2.36. The number of aliphatic carboxylic acids is 1. The standard InChI is InChI=1S/C10H13N3O3/c1-13-5-2-7(12-13)6-11-8(14)10(3-4-10)9(15)16/h2,5H,3-4,6H2,1H3,(H,11,14)(H,15,16). The first-order valence-corrected chi connectivity index (χ1v) is 5.05. The van der Waals surface area contributed by atoms with E-state index in [2.05, 4.69) is 10.4 Å². The Kier molecular flexibility index (Phi) is 2.41. The number of carboxylic acids is 1. The van der Waals surface area contributed by atoms with E-state index >= 15 is 0 Å². The van der Waals surface area contributed by atoms with Crippen molar-refractivity contribution in [3.05, 3.63) is 18.0 Å². The molecule has 1 heterocycles. The zero-order chi connectivity index (χ0) is 11.8. The summed E-state index contributed by atoms with van der Waals surface area (Å²) in [5, 5.41) is 15.6. The average Bonchev–Trinajstić information content (AvgIpc) is 2.95. The Labute approximate surface area is 92.3 Å². The topological polar surface area (TPSA) is 84.2 Å². The first-order valence-electron chi connectivity index (χ1n) is 5.05. The van der Waals surface area contributed by atoms with Gasteiger partial charge in [0, 0.05) is 13.2 Å². The number of aryl methyl sites for hydroxylation is 1. The van der Waals surface area contributed by atoms with Gasteiger partial charge in [0.15, 0.2) is 0 Å². The maximum absolute atomic E-state index is 11.6. The molecule has 0 radical (unpaired) electrons. The summed E-state index contributed by atoms with van der Waals surface area (Å²) in [6, 6.07) is 1.78. The van der Waals surface area contributed by atoms with Crippen LogP contribution in [0.4, 0.5) is 0 Å². The van der Waals surface area contributed by atoms with E-state index in [0.29, 0.717) is 12.8 Å². The fraction of sp³-hybridized carbons (Fsp3) is 0.500. The number of aromatic nitrogens is 2. The minimum absolute atomic E-state index is 0.273. The Morgan fingerprint density at radius 1 is 1.62 bits per heavy atom. The largest absolute Gasteiger partial charge is 0.480 e. The maximum Gasteiger partial charge on any atom is 0.319 e. The molecule has 0 aromatic carbocycles. The Morgan fingerprint density at radius 3 is 2.75 bits per heavy atom. The van der Waals surface area contributed by atoms with Gasteiger partial charge in [-0.3, -0.25) is 14.3 Å². The zero-order valence-electron chi connectivity index (χ0n) is 8.93. The summed E-state index contributed by atoms with van der Waals surface area (Å²) in [6.45, 7) is 0.273. The van der Waals surface area contributed by atoms with E-state index in [1.165, 1.54) is 0 Å². The predicted octanol–water partition coefficient (Wildman–Crippen LogP) is -0.0989. The Balaban J connectivity index is 1.92. The van der Waals surface area contributed by atoms with Crippen LogP contribution in [0.5, 0.6) is 0 Å². The van der Waals surface area contributed by atoms with Crippen molar-refractivity contribution in [1.82, 2.24) is 15.1 Å². The number of hydrogen-bond acceptors (Lipinski definition) is 3. The number of rotatable bonds is 4. The van der Waals surface area contributed by atoms with E-state index < -0.39 is 17.3 Å². The van der Waals surface area contributed by atoms with Crippen LogP contribution in [0.2, 0.25) is 0 Å². The van der Waals surface area contributed by atoms with Gasteiger partial charge in [-0.25, -0.2) is 0 Å². The minimum Gasteiger partial charge on any atom is -0.480 e. The molecule has 6 heteroatoms. The van der Waals surface area contributed by atoms with Crippen molar-refractivity contribution in [3.8, 4) is 0 Å². The summed E-state index contributed by atoms with van der Waals surface area (Å²) < 4.78 is 1.63. The first-order chi connectivity index (χ1) is 7.54. The van der Waals surface area contributed by atoms with E-state index in [1.807, 2.05) is 0 Å². The summed E-state index contributed by atoms with van der Waals surface area (Å²) in [6.07, 6.45) is 2.62. The Hall–Kier alpha value is -1.85. The highest BCUT2D eigenvalue weighted by atomic mass is 16.4. The Morgan fingerprint density at radius 2 is 2.31 bits per heavy atom. The summed E-state index contributed by atoms with van der Waals surface area (Å²) in [4.78, 5) is 22.5. The number of amides is 1. The first kappa shape index (κ1) is 10.7. The number of hydrogen-bond donors (Lipinski definition) is 2. The molecule has 1 saturated carbocycles. The smallest absolute Gasteiger partial charge is 0.319 e. The molecule has 0 bridgehead atoms. The van der Waals surface area contributed by atoms with Crippen molar-refractivity contribution in [1.29, 1.82) is 0 Å². The Bertz CT molecular complexity index is 434. The molecule has 86 valence electrons. The van der Waals surface area contributed by atoms with Crippen LogP contribution < -0.4 is 5.32 Å². The van der Waals surface area contributed by atoms with Gasteiger partial charge in [-0.2, -0.15) is 5.10 Å². The zero-order valence-corrected chi connectivity index (χ0v) is 8.93. The van der Waals surface area contributed by atoms with Crippen LogP contribution in [0.15, 0.2) is 12.3 Å². The second kappa shape index (κ2) is 3.62. The lowest BCUT2D eigenvalue weighted by atomic mass is 10.1. The lowest BCUT2D eigenvalue weighted by molar-refractivity contribution is -0.149. The monoisotopic (exact) mass is 223 g/mol. The quantitative estimate of drug-likeness (QED) is 0.698. The molecule has 2 N–H and O–H groups in total. The molecule has 1 fully saturated rings. The van der Waals surface area contributed by atoms with E-state index in [0.717, 1.165) is 5.69 Å². The van der Waals surface area contributed by atoms with Crippen LogP contribution in [0.1, 0.15) is 18.5 Å². The summed E-state index contributed by atoms with van der Waals surface area (Å²) in [5.41, 5.74) is -0.452. The van der Waals surface area contributed by atoms with E-state index in [9.17, 15) is 9.59 Å². The second-order valence-corrected chi connectivity index (χ2v) is 4.05. The van der Waals surface area contributed by atoms with Gasteiger partial charge in [0.25, 0.3) is 0 Å². The number of carbonyl (C=O) groups is 2. The minimum atomic E-state index is -1.17. The molecule has 0 saturated heterocycles. The van der Waals surface area contributed by atoms with Crippen molar-refractivity contribution >= 4 is 11.9 Å². The molecule has 0 spiro atoms. The number of nitrogens with zero attached hydrogens (tertiary/aromatic N) is 2. The fourth-order valence-corrected chi connectivity index (χ4v) is 1.56. The van der Waals surface area contributed by atoms with Crippen molar-refractivity contribution < 1.29 is 14.7 Å². The van der Waals surface area contributed by atoms with Crippen LogP contribution in [0.3, 0.4) is 0 Å². The van der Waals surface area contributed by atoms with E-state index in [-0.39, 0.29) is 6.54 Å². The van der Waals surface area contributed by atoms with E-state index in [4.69, 9.17) is 5.11 Å². The molecule has 1 aromatic heterocycles. The van der Waals surface area contributed by atoms with Crippen LogP contribution in [0.25, 0.3) is 0 Å². The van der Waals surface area contributed by atoms with Crippen LogP contribution in [-0.4, -0.2) is 26.8 Å². The van der Waals surface area contributed by atoms with Gasteiger partial charge >= 0.3 is 5.97 Å². The highest BCUT2D eigenvalue weighted by Gasteiger charge is 2.56. The third kappa shape index (κ3) is 1.78. The SMILES string of the molecule is Cn1ccc(CNC(=O)C2(C(=O)O)CC2)n1. The van der Waals surface area contributed by atoms with Crippen molar-refractivity contribution in [2.45, 2.75) is 19.4 Å². The van der Waals surface area contributed by atoms with Crippen LogP contribution >= 0.6 is 0 Å². The molecule has 1 aliphatic rings. The van der Waals surface area contributed by atoms with Gasteiger partial charge in [-0.05, 0) is 18.9 Å². The number of carboxylic acid groups (broad SMARTS) is 1. The van der Waals surface area contributed by atoms with Crippen LogP contribution in [0, 0.1) is 5.41 Å². The molecule has 1 aliphatic carbocycles. The fourth-order valence-electron chi connectivity index (χ4n) is 1.56. The van der Waals surface area contributed by atoms with E-state index in [1.54, 1.807) is 24.0 Å². The van der Waals surface area contributed by atoms with Gasteiger partial charge in [0.2, 0.25) is 5.91 Å². The molecular weight excluding hydrogens is 210 g/mol. The van der Waals surface area contributed by atoms with Gasteiger partial charge in [0.1, 0.15) is 5.41 Å². The van der Waals surface area contributed by atoms with Crippen molar-refractivity contribution in [2.24, 2.45) is 12.5 Å². The second-order valence-electron chi connectivity index (χ2n) is 4.05. The maximum atomic E-state index is 11.6. The lowest BCUT2D eigenvalue weighted by Gasteiger charge is -2.09. The van der Waals surface area contributed by atoms with Gasteiger partial charge in [-0.15, -0.1) is 0 Å². The third-order valence-corrected chi connectivity index (χ3v) is 2.79. The highest BCUT2D eigenvalue weighted by Crippen LogP contribution is 2.46. The highest BCUT2D eigenvalue weighted by molar-refractivity contribution is 6.04. The van der Waals surface area contributed by atoms with Gasteiger partial charge in [-0.1, -0.05) is 0 Å². The normalized spacial score (nSPS) is 16.8. The summed E-state index contributed by atoms with van der Waals surface area (Å²) >= 11 is 0. The van der Waals surface area contributed by atoms with Crippen molar-refractivity contribution in [3.63, 3.8) is 0 Å². The predicted molar refractivity (Wildman–Crippen MR) is 54.4 cm³/mol. The van der Waals surface area contributed by atoms with Crippen LogP contribution in [-0.2, 0) is 23.2 Å². The molecule has 1 amide bonds. The molecule has 0 aliphatic heterocycles. The third-order valence-electron chi connectivity index (χ3n) is 2.79. The molecule has 1 aromatic rings. The number of nitrogens with one attached hydrogen (secondary N) is 1. The van der Waals surface area contributed by atoms with Crippen molar-refractivity contribution in [2.75, 3.05) is 0 Å². The summed E-state index contributed by atoms with van der Waals surface area (Å²) in [7, 11) is 1.78. The number of carbonyl (C=O) groups excluding carboxylic acids is 1. The molecule has 0 atom stereocenters.